The maximum Gasteiger partial charge on any atom is 0.323 e. The molecule has 0 aliphatic carbocycles. The number of carbonyl (C=O) groups excluding carboxylic acids is 2. The lowest BCUT2D eigenvalue weighted by atomic mass is 10.3. The smallest absolute Gasteiger partial charge is 0.323 e. The number of anilines is 1. The molecule has 1 rings (SSSR count). The summed E-state index contributed by atoms with van der Waals surface area (Å²) >= 11 is 0. The van der Waals surface area contributed by atoms with Gasteiger partial charge >= 0.3 is 12.0 Å². The zero-order valence-corrected chi connectivity index (χ0v) is 10.4. The molecule has 0 saturated carbocycles. The second-order valence-electron chi connectivity index (χ2n) is 3.90. The van der Waals surface area contributed by atoms with E-state index in [9.17, 15) is 27.6 Å². The normalized spacial score (nSPS) is 10.0. The maximum absolute atomic E-state index is 13.0. The van der Waals surface area contributed by atoms with E-state index in [1.165, 1.54) is 0 Å². The molecule has 0 atom stereocenters. The fourth-order valence-corrected chi connectivity index (χ4v) is 1.38. The van der Waals surface area contributed by atoms with Crippen LogP contribution in [0.15, 0.2) is 12.1 Å². The van der Waals surface area contributed by atoms with Gasteiger partial charge < -0.3 is 21.1 Å². The fourth-order valence-electron chi connectivity index (χ4n) is 1.38. The van der Waals surface area contributed by atoms with Crippen LogP contribution >= 0.6 is 0 Å². The van der Waals surface area contributed by atoms with Crippen molar-refractivity contribution in [1.29, 1.82) is 0 Å². The topological polar surface area (TPSA) is 113 Å². The third-order valence-corrected chi connectivity index (χ3v) is 2.20. The van der Waals surface area contributed by atoms with E-state index in [1.807, 2.05) is 5.32 Å². The number of nitrogens with two attached hydrogens (primary N) is 1. The molecule has 7 nitrogen and oxygen atoms in total. The second-order valence-corrected chi connectivity index (χ2v) is 3.90. The average Bonchev–Trinajstić information content (AvgIpc) is 2.33. The molecule has 1 aromatic carbocycles. The summed E-state index contributed by atoms with van der Waals surface area (Å²) in [5, 5.41) is 10.5. The summed E-state index contributed by atoms with van der Waals surface area (Å²) in [6.07, 6.45) is 0. The third kappa shape index (κ3) is 4.67. The third-order valence-electron chi connectivity index (χ3n) is 2.20. The van der Waals surface area contributed by atoms with Gasteiger partial charge in [-0.15, -0.1) is 0 Å². The molecule has 0 unspecified atom stereocenters. The van der Waals surface area contributed by atoms with Crippen molar-refractivity contribution in [2.24, 2.45) is 5.73 Å². The van der Waals surface area contributed by atoms with Gasteiger partial charge in [0, 0.05) is 17.8 Å². The summed E-state index contributed by atoms with van der Waals surface area (Å²) in [4.78, 5) is 33.5. The Morgan fingerprint density at radius 3 is 2.10 bits per heavy atom. The molecule has 0 heterocycles. The van der Waals surface area contributed by atoms with Crippen molar-refractivity contribution < 1.29 is 32.7 Å². The summed E-state index contributed by atoms with van der Waals surface area (Å²) in [7, 11) is 0. The summed E-state index contributed by atoms with van der Waals surface area (Å²) in [5.41, 5.74) is 4.40. The Morgan fingerprint density at radius 2 is 1.67 bits per heavy atom. The number of carboxylic acid groups (broad SMARTS) is 1. The zero-order valence-electron chi connectivity index (χ0n) is 10.4. The summed E-state index contributed by atoms with van der Waals surface area (Å²) in [5.74, 6) is -7.20. The molecular formula is C11H10F3N3O4. The summed E-state index contributed by atoms with van der Waals surface area (Å²) in [6, 6.07) is -0.138. The Hall–Kier alpha value is -2.78. The van der Waals surface area contributed by atoms with Crippen LogP contribution in [0, 0.1) is 17.5 Å². The van der Waals surface area contributed by atoms with Crippen LogP contribution in [-0.4, -0.2) is 41.0 Å². The number of nitrogens with zero attached hydrogens (tertiary/aromatic N) is 1. The highest BCUT2D eigenvalue weighted by molar-refractivity contribution is 5.93. The number of carbonyl (C=O) groups is 3. The van der Waals surface area contributed by atoms with Gasteiger partial charge in [-0.2, -0.15) is 0 Å². The van der Waals surface area contributed by atoms with Crippen molar-refractivity contribution in [2.75, 3.05) is 18.4 Å². The van der Waals surface area contributed by atoms with E-state index in [0.29, 0.717) is 17.0 Å². The van der Waals surface area contributed by atoms with Crippen LogP contribution in [0.2, 0.25) is 0 Å². The molecule has 21 heavy (non-hydrogen) atoms. The molecule has 0 bridgehead atoms. The number of nitrogens with one attached hydrogen (secondary N) is 1. The molecule has 0 aliphatic heterocycles. The quantitative estimate of drug-likeness (QED) is 0.688. The second kappa shape index (κ2) is 6.59. The lowest BCUT2D eigenvalue weighted by molar-refractivity contribution is -0.137. The number of hydrogen-bond acceptors (Lipinski definition) is 3. The maximum atomic E-state index is 13.0. The van der Waals surface area contributed by atoms with E-state index in [4.69, 9.17) is 10.8 Å². The van der Waals surface area contributed by atoms with Gasteiger partial charge in [0.05, 0.1) is 0 Å². The van der Waals surface area contributed by atoms with Crippen LogP contribution in [-0.2, 0) is 9.59 Å². The SMILES string of the molecule is NC(=O)CN(CC(=O)O)C(=O)Nc1cc(F)c(F)c(F)c1. The lowest BCUT2D eigenvalue weighted by Gasteiger charge is -2.19. The zero-order chi connectivity index (χ0) is 16.2. The Labute approximate surface area is 116 Å². The van der Waals surface area contributed by atoms with E-state index >= 15 is 0 Å². The first-order chi connectivity index (χ1) is 9.70. The number of benzene rings is 1. The minimum absolute atomic E-state index is 0.448. The van der Waals surface area contributed by atoms with Gasteiger partial charge in [-0.25, -0.2) is 18.0 Å². The van der Waals surface area contributed by atoms with E-state index < -0.39 is 54.1 Å². The molecule has 0 aromatic heterocycles. The summed E-state index contributed by atoms with van der Waals surface area (Å²) in [6.45, 7) is -1.58. The number of hydrogen-bond donors (Lipinski definition) is 3. The van der Waals surface area contributed by atoms with Crippen LogP contribution in [0.25, 0.3) is 0 Å². The van der Waals surface area contributed by atoms with Gasteiger partial charge in [-0.1, -0.05) is 0 Å². The van der Waals surface area contributed by atoms with Crippen molar-refractivity contribution in [2.45, 2.75) is 0 Å². The lowest BCUT2D eigenvalue weighted by Crippen LogP contribution is -2.43. The highest BCUT2D eigenvalue weighted by Gasteiger charge is 2.20. The Kier molecular flexibility index (Phi) is 5.11. The van der Waals surface area contributed by atoms with Crippen LogP contribution in [0.4, 0.5) is 23.7 Å². The molecular weight excluding hydrogens is 295 g/mol. The van der Waals surface area contributed by atoms with Crippen molar-refractivity contribution in [1.82, 2.24) is 4.90 Å². The number of halogens is 3. The number of amides is 3. The first-order valence-corrected chi connectivity index (χ1v) is 5.41. The molecule has 114 valence electrons. The fraction of sp³-hybridized carbons (Fsp3) is 0.182. The Balaban J connectivity index is 2.90. The molecule has 3 amide bonds. The number of rotatable bonds is 5. The van der Waals surface area contributed by atoms with Gasteiger partial charge in [-0.05, 0) is 0 Å². The summed E-state index contributed by atoms with van der Waals surface area (Å²) < 4.78 is 38.7. The minimum atomic E-state index is -1.72. The minimum Gasteiger partial charge on any atom is -0.480 e. The molecule has 1 aromatic rings. The molecule has 0 radical (unpaired) electrons. The molecule has 4 N–H and O–H groups in total. The predicted octanol–water partition coefficient (Wildman–Crippen LogP) is 0.508. The van der Waals surface area contributed by atoms with Crippen LogP contribution in [0.5, 0.6) is 0 Å². The molecule has 10 heteroatoms. The average molecular weight is 305 g/mol. The van der Waals surface area contributed by atoms with E-state index in [0.717, 1.165) is 0 Å². The van der Waals surface area contributed by atoms with Gasteiger partial charge in [0.1, 0.15) is 13.1 Å². The van der Waals surface area contributed by atoms with Gasteiger partial charge in [0.15, 0.2) is 17.5 Å². The van der Waals surface area contributed by atoms with Crippen LogP contribution in [0.3, 0.4) is 0 Å². The number of aliphatic carboxylic acids is 1. The first-order valence-electron chi connectivity index (χ1n) is 5.41. The predicted molar refractivity (Wildman–Crippen MR) is 63.7 cm³/mol. The molecule has 0 fully saturated rings. The van der Waals surface area contributed by atoms with E-state index in [2.05, 4.69) is 0 Å². The monoisotopic (exact) mass is 305 g/mol. The van der Waals surface area contributed by atoms with Crippen molar-refractivity contribution >= 4 is 23.6 Å². The van der Waals surface area contributed by atoms with Crippen molar-refractivity contribution in [3.05, 3.63) is 29.6 Å². The number of carboxylic acids is 1. The number of primary amides is 1. The van der Waals surface area contributed by atoms with Gasteiger partial charge in [0.2, 0.25) is 5.91 Å². The number of urea groups is 1. The Bertz CT molecular complexity index is 555. The van der Waals surface area contributed by atoms with Crippen molar-refractivity contribution in [3.8, 4) is 0 Å². The molecule has 0 spiro atoms. The molecule has 0 saturated heterocycles. The van der Waals surface area contributed by atoms with E-state index in [1.54, 1.807) is 0 Å². The standard InChI is InChI=1S/C11H10F3N3O4/c12-6-1-5(2-7(13)10(6)14)16-11(21)17(3-8(15)18)4-9(19)20/h1-2H,3-4H2,(H2,15,18)(H,16,21)(H,19,20). The largest absolute Gasteiger partial charge is 0.480 e. The highest BCUT2D eigenvalue weighted by atomic mass is 19.2. The van der Waals surface area contributed by atoms with Gasteiger partial charge in [0.25, 0.3) is 0 Å². The van der Waals surface area contributed by atoms with E-state index in [-0.39, 0.29) is 0 Å². The van der Waals surface area contributed by atoms with Crippen LogP contribution in [0.1, 0.15) is 0 Å². The van der Waals surface area contributed by atoms with Crippen molar-refractivity contribution in [3.63, 3.8) is 0 Å². The molecule has 0 aliphatic rings. The Morgan fingerprint density at radius 1 is 1.14 bits per heavy atom. The first kappa shape index (κ1) is 16.3. The van der Waals surface area contributed by atoms with Gasteiger partial charge in [-0.3, -0.25) is 9.59 Å². The van der Waals surface area contributed by atoms with Crippen LogP contribution < -0.4 is 11.1 Å². The highest BCUT2D eigenvalue weighted by Crippen LogP contribution is 2.17.